The van der Waals surface area contributed by atoms with Crippen LogP contribution < -0.4 is 0 Å². The molecule has 2 aromatic rings. The van der Waals surface area contributed by atoms with Crippen LogP contribution in [0.15, 0.2) is 18.2 Å². The van der Waals surface area contributed by atoms with Crippen LogP contribution in [0.1, 0.15) is 5.56 Å². The number of alkyl halides is 3. The summed E-state index contributed by atoms with van der Waals surface area (Å²) in [5, 5.41) is 9.26. The molecule has 0 saturated carbocycles. The summed E-state index contributed by atoms with van der Waals surface area (Å²) in [5.41, 5.74) is -2.89. The van der Waals surface area contributed by atoms with Crippen molar-refractivity contribution in [1.82, 2.24) is 0 Å². The molecule has 11 heteroatoms. The molecule has 0 amide bonds. The van der Waals surface area contributed by atoms with Crippen LogP contribution in [-0.4, -0.2) is 4.92 Å². The van der Waals surface area contributed by atoms with E-state index < -0.39 is 27.9 Å². The molecule has 2 rings (SSSR count). The SMILES string of the molecule is O=[N+]([O-])c1ccc(-c2c(Cl)c(Cl)c(Cl)c(Cl)c2Cl)c(C(F)(F)F)c1. The molecule has 0 aliphatic heterocycles. The van der Waals surface area contributed by atoms with Crippen molar-refractivity contribution >= 4 is 63.7 Å². The lowest BCUT2D eigenvalue weighted by Gasteiger charge is -2.17. The van der Waals surface area contributed by atoms with Gasteiger partial charge in [-0.05, 0) is 11.6 Å². The van der Waals surface area contributed by atoms with Crippen LogP contribution in [0, 0.1) is 10.1 Å². The van der Waals surface area contributed by atoms with E-state index in [0.29, 0.717) is 6.07 Å². The molecule has 128 valence electrons. The number of hydrogen-bond donors (Lipinski definition) is 0. The van der Waals surface area contributed by atoms with Crippen molar-refractivity contribution in [3.05, 3.63) is 59.0 Å². The van der Waals surface area contributed by atoms with Crippen molar-refractivity contribution in [3.63, 3.8) is 0 Å². The molecule has 0 unspecified atom stereocenters. The van der Waals surface area contributed by atoms with Gasteiger partial charge in [-0.3, -0.25) is 10.1 Å². The van der Waals surface area contributed by atoms with Gasteiger partial charge in [0.15, 0.2) is 0 Å². The number of hydrogen-bond acceptors (Lipinski definition) is 2. The third-order valence-electron chi connectivity index (χ3n) is 3.00. The van der Waals surface area contributed by atoms with E-state index in [9.17, 15) is 23.3 Å². The molecular formula is C13H3Cl5F3NO2. The van der Waals surface area contributed by atoms with Crippen LogP contribution in [0.25, 0.3) is 11.1 Å². The second kappa shape index (κ2) is 6.77. The van der Waals surface area contributed by atoms with Crippen molar-refractivity contribution in [2.24, 2.45) is 0 Å². The van der Waals surface area contributed by atoms with Gasteiger partial charge in [0.05, 0.1) is 35.6 Å². The predicted octanol–water partition coefficient (Wildman–Crippen LogP) is 7.55. The van der Waals surface area contributed by atoms with Gasteiger partial charge in [-0.15, -0.1) is 0 Å². The number of halogens is 8. The van der Waals surface area contributed by atoms with E-state index in [1.54, 1.807) is 0 Å². The highest BCUT2D eigenvalue weighted by molar-refractivity contribution is 6.56. The average molecular weight is 439 g/mol. The van der Waals surface area contributed by atoms with Gasteiger partial charge in [0.1, 0.15) is 0 Å². The molecule has 24 heavy (non-hydrogen) atoms. The minimum atomic E-state index is -4.91. The van der Waals surface area contributed by atoms with Crippen LogP contribution in [0.5, 0.6) is 0 Å². The summed E-state index contributed by atoms with van der Waals surface area (Å²) >= 11 is 29.5. The number of benzene rings is 2. The second-order valence-corrected chi connectivity index (χ2v) is 6.32. The lowest BCUT2D eigenvalue weighted by Crippen LogP contribution is -2.08. The molecule has 0 heterocycles. The Balaban J connectivity index is 2.91. The van der Waals surface area contributed by atoms with E-state index >= 15 is 0 Å². The third kappa shape index (κ3) is 3.39. The second-order valence-electron chi connectivity index (χ2n) is 4.43. The van der Waals surface area contributed by atoms with Gasteiger partial charge in [0, 0.05) is 17.7 Å². The fraction of sp³-hybridized carbons (Fsp3) is 0.0769. The first-order valence-corrected chi connectivity index (χ1v) is 7.73. The molecule has 0 aromatic heterocycles. The zero-order valence-electron chi connectivity index (χ0n) is 11.0. The molecule has 0 bridgehead atoms. The molecule has 0 spiro atoms. The smallest absolute Gasteiger partial charge is 0.258 e. The molecule has 3 nitrogen and oxygen atoms in total. The summed E-state index contributed by atoms with van der Waals surface area (Å²) in [4.78, 5) is 9.79. The Bertz CT molecular complexity index is 825. The maximum Gasteiger partial charge on any atom is 0.417 e. The molecule has 0 saturated heterocycles. The Morgan fingerprint density at radius 1 is 0.875 bits per heavy atom. The Kier molecular flexibility index (Phi) is 5.47. The van der Waals surface area contributed by atoms with Gasteiger partial charge in [0.25, 0.3) is 5.69 Å². The van der Waals surface area contributed by atoms with E-state index in [1.807, 2.05) is 0 Å². The van der Waals surface area contributed by atoms with Gasteiger partial charge in [-0.2, -0.15) is 13.2 Å². The minimum Gasteiger partial charge on any atom is -0.258 e. The van der Waals surface area contributed by atoms with E-state index in [0.717, 1.165) is 12.1 Å². The van der Waals surface area contributed by atoms with Crippen LogP contribution in [-0.2, 0) is 6.18 Å². The Morgan fingerprint density at radius 3 is 1.75 bits per heavy atom. The van der Waals surface area contributed by atoms with E-state index in [1.165, 1.54) is 0 Å². The average Bonchev–Trinajstić information content (AvgIpc) is 2.50. The van der Waals surface area contributed by atoms with Crippen molar-refractivity contribution in [2.45, 2.75) is 6.18 Å². The summed E-state index contributed by atoms with van der Waals surface area (Å²) in [6.07, 6.45) is -4.91. The lowest BCUT2D eigenvalue weighted by molar-refractivity contribution is -0.385. The highest BCUT2D eigenvalue weighted by atomic mass is 35.5. The maximum absolute atomic E-state index is 13.3. The number of nitro benzene ring substituents is 1. The van der Waals surface area contributed by atoms with Gasteiger partial charge >= 0.3 is 6.18 Å². The van der Waals surface area contributed by atoms with Crippen molar-refractivity contribution in [1.29, 1.82) is 0 Å². The van der Waals surface area contributed by atoms with Crippen LogP contribution >= 0.6 is 58.0 Å². The van der Waals surface area contributed by atoms with Gasteiger partial charge < -0.3 is 0 Å². The monoisotopic (exact) mass is 437 g/mol. The summed E-state index contributed by atoms with van der Waals surface area (Å²) < 4.78 is 40.0. The quantitative estimate of drug-likeness (QED) is 0.210. The zero-order valence-corrected chi connectivity index (χ0v) is 14.8. The Labute approximate surface area is 158 Å². The molecule has 0 N–H and O–H groups in total. The fourth-order valence-electron chi connectivity index (χ4n) is 1.94. The summed E-state index contributed by atoms with van der Waals surface area (Å²) in [7, 11) is 0. The van der Waals surface area contributed by atoms with Crippen LogP contribution in [0.4, 0.5) is 18.9 Å². The van der Waals surface area contributed by atoms with Gasteiger partial charge in [0.2, 0.25) is 0 Å². The normalized spacial score (nSPS) is 11.7. The first-order valence-electron chi connectivity index (χ1n) is 5.84. The van der Waals surface area contributed by atoms with Crippen LogP contribution in [0.2, 0.25) is 25.1 Å². The third-order valence-corrected chi connectivity index (χ3v) is 5.28. The van der Waals surface area contributed by atoms with Crippen molar-refractivity contribution in [3.8, 4) is 11.1 Å². The van der Waals surface area contributed by atoms with Crippen LogP contribution in [0.3, 0.4) is 0 Å². The summed E-state index contributed by atoms with van der Waals surface area (Å²) in [6, 6.07) is 2.13. The van der Waals surface area contributed by atoms with E-state index in [4.69, 9.17) is 58.0 Å². The highest BCUT2D eigenvalue weighted by Gasteiger charge is 2.37. The Morgan fingerprint density at radius 2 is 1.33 bits per heavy atom. The number of nitro groups is 1. The fourth-order valence-corrected chi connectivity index (χ4v) is 3.28. The molecular weight excluding hydrogens is 436 g/mol. The number of non-ortho nitro benzene ring substituents is 1. The number of nitrogens with zero attached hydrogens (tertiary/aromatic N) is 1. The van der Waals surface area contributed by atoms with Gasteiger partial charge in [-0.1, -0.05) is 58.0 Å². The van der Waals surface area contributed by atoms with E-state index in [-0.39, 0.29) is 30.7 Å². The standard InChI is InChI=1S/C13H3Cl5F3NO2/c14-8-7(9(15)11(17)12(18)10(8)16)5-2-1-4(22(23)24)3-6(5)13(19,20)21/h1-3H. The summed E-state index contributed by atoms with van der Waals surface area (Å²) in [6.45, 7) is 0. The molecule has 0 fully saturated rings. The van der Waals surface area contributed by atoms with Gasteiger partial charge in [-0.25, -0.2) is 0 Å². The first-order chi connectivity index (χ1) is 11.0. The maximum atomic E-state index is 13.3. The minimum absolute atomic E-state index is 0.215. The van der Waals surface area contributed by atoms with E-state index in [2.05, 4.69) is 0 Å². The summed E-state index contributed by atoms with van der Waals surface area (Å²) in [5.74, 6) is 0. The molecule has 0 aliphatic carbocycles. The lowest BCUT2D eigenvalue weighted by atomic mass is 9.98. The molecule has 2 aromatic carbocycles. The molecule has 0 aliphatic rings. The molecule has 0 radical (unpaired) electrons. The predicted molar refractivity (Wildman–Crippen MR) is 88.6 cm³/mol. The largest absolute Gasteiger partial charge is 0.417 e. The topological polar surface area (TPSA) is 43.1 Å². The Hall–Kier alpha value is -0.920. The molecule has 0 atom stereocenters. The van der Waals surface area contributed by atoms with Crippen molar-refractivity contribution < 1.29 is 18.1 Å². The highest BCUT2D eigenvalue weighted by Crippen LogP contribution is 2.51. The van der Waals surface area contributed by atoms with Crippen molar-refractivity contribution in [2.75, 3.05) is 0 Å². The zero-order chi connectivity index (χ0) is 18.4. The first kappa shape index (κ1) is 19.4. The number of rotatable bonds is 2.